The van der Waals surface area contributed by atoms with Gasteiger partial charge in [0.15, 0.2) is 0 Å². The number of aryl methyl sites for hydroxylation is 1. The fourth-order valence-electron chi connectivity index (χ4n) is 2.02. The summed E-state index contributed by atoms with van der Waals surface area (Å²) >= 11 is 1.31. The summed E-state index contributed by atoms with van der Waals surface area (Å²) in [5.41, 5.74) is 6.52. The molecule has 2 N–H and O–H groups in total. The zero-order valence-corrected chi connectivity index (χ0v) is 13.7. The molecule has 0 spiro atoms. The standard InChI is InChI=1S/C15H20N2O2S2/c1-13-8-9-15(20-13)21(18,19)17(11-5-10-16)12-14-6-3-2-4-7-14/h2-4,6-9H,5,10-12,16H2,1H3. The molecule has 21 heavy (non-hydrogen) atoms. The predicted molar refractivity (Wildman–Crippen MR) is 86.8 cm³/mol. The van der Waals surface area contributed by atoms with Crippen molar-refractivity contribution in [3.05, 3.63) is 52.9 Å². The maximum Gasteiger partial charge on any atom is 0.252 e. The molecule has 0 bridgehead atoms. The Labute approximate surface area is 130 Å². The number of nitrogens with two attached hydrogens (primary N) is 1. The van der Waals surface area contributed by atoms with E-state index >= 15 is 0 Å². The van der Waals surface area contributed by atoms with Crippen LogP contribution in [0.25, 0.3) is 0 Å². The molecular weight excluding hydrogens is 304 g/mol. The smallest absolute Gasteiger partial charge is 0.252 e. The van der Waals surface area contributed by atoms with E-state index in [4.69, 9.17) is 5.73 Å². The van der Waals surface area contributed by atoms with Crippen LogP contribution in [0.3, 0.4) is 0 Å². The minimum atomic E-state index is -3.45. The van der Waals surface area contributed by atoms with Gasteiger partial charge in [-0.15, -0.1) is 11.3 Å². The highest BCUT2D eigenvalue weighted by Gasteiger charge is 2.25. The highest BCUT2D eigenvalue weighted by atomic mass is 32.2. The average molecular weight is 324 g/mol. The van der Waals surface area contributed by atoms with Gasteiger partial charge in [0.1, 0.15) is 4.21 Å². The van der Waals surface area contributed by atoms with Gasteiger partial charge >= 0.3 is 0 Å². The molecule has 1 aromatic heterocycles. The van der Waals surface area contributed by atoms with Crippen LogP contribution in [0.4, 0.5) is 0 Å². The molecular formula is C15H20N2O2S2. The van der Waals surface area contributed by atoms with Gasteiger partial charge in [-0.3, -0.25) is 0 Å². The molecule has 4 nitrogen and oxygen atoms in total. The molecule has 0 unspecified atom stereocenters. The first kappa shape index (κ1) is 16.2. The second-order valence-electron chi connectivity index (χ2n) is 4.83. The van der Waals surface area contributed by atoms with Gasteiger partial charge in [0.25, 0.3) is 10.0 Å². The maximum absolute atomic E-state index is 12.8. The first-order valence-electron chi connectivity index (χ1n) is 6.84. The minimum absolute atomic E-state index is 0.375. The lowest BCUT2D eigenvalue weighted by atomic mass is 10.2. The fraction of sp³-hybridized carbons (Fsp3) is 0.333. The summed E-state index contributed by atoms with van der Waals surface area (Å²) in [6, 6.07) is 13.1. The van der Waals surface area contributed by atoms with Gasteiger partial charge in [0.05, 0.1) is 0 Å². The van der Waals surface area contributed by atoms with Gasteiger partial charge in [-0.05, 0) is 37.6 Å². The molecule has 0 fully saturated rings. The number of thiophene rings is 1. The third kappa shape index (κ3) is 4.14. The molecule has 1 heterocycles. The van der Waals surface area contributed by atoms with Crippen molar-refractivity contribution in [1.29, 1.82) is 0 Å². The maximum atomic E-state index is 12.8. The van der Waals surface area contributed by atoms with Crippen LogP contribution in [0, 0.1) is 6.92 Å². The molecule has 2 aromatic rings. The van der Waals surface area contributed by atoms with Crippen LogP contribution in [0.1, 0.15) is 16.9 Å². The molecule has 0 radical (unpaired) electrons. The monoisotopic (exact) mass is 324 g/mol. The number of sulfonamides is 1. The molecule has 0 atom stereocenters. The highest BCUT2D eigenvalue weighted by molar-refractivity contribution is 7.91. The lowest BCUT2D eigenvalue weighted by Crippen LogP contribution is -2.32. The molecule has 0 saturated heterocycles. The summed E-state index contributed by atoms with van der Waals surface area (Å²) in [5, 5.41) is 0. The summed E-state index contributed by atoms with van der Waals surface area (Å²) in [6.45, 7) is 3.19. The van der Waals surface area contributed by atoms with Crippen molar-refractivity contribution in [2.45, 2.75) is 24.1 Å². The fourth-order valence-corrected chi connectivity index (χ4v) is 4.92. The molecule has 0 aliphatic heterocycles. The molecule has 2 rings (SSSR count). The Hall–Kier alpha value is -1.21. The molecule has 6 heteroatoms. The van der Waals surface area contributed by atoms with E-state index in [1.807, 2.05) is 43.3 Å². The van der Waals surface area contributed by atoms with Gasteiger partial charge in [-0.2, -0.15) is 4.31 Å². The van der Waals surface area contributed by atoms with E-state index < -0.39 is 10.0 Å². The SMILES string of the molecule is Cc1ccc(S(=O)(=O)N(CCCN)Cc2ccccc2)s1. The minimum Gasteiger partial charge on any atom is -0.330 e. The molecule has 1 aromatic carbocycles. The van der Waals surface area contributed by atoms with E-state index in [0.717, 1.165) is 10.4 Å². The first-order chi connectivity index (χ1) is 10.0. The van der Waals surface area contributed by atoms with Crippen molar-refractivity contribution >= 4 is 21.4 Å². The number of benzene rings is 1. The van der Waals surface area contributed by atoms with Crippen molar-refractivity contribution in [1.82, 2.24) is 4.31 Å². The van der Waals surface area contributed by atoms with Gasteiger partial charge in [-0.1, -0.05) is 30.3 Å². The van der Waals surface area contributed by atoms with Crippen molar-refractivity contribution in [2.24, 2.45) is 5.73 Å². The second-order valence-corrected chi connectivity index (χ2v) is 8.28. The number of hydrogen-bond acceptors (Lipinski definition) is 4. The zero-order chi connectivity index (χ0) is 15.3. The lowest BCUT2D eigenvalue weighted by Gasteiger charge is -2.21. The molecule has 0 aliphatic rings. The summed E-state index contributed by atoms with van der Waals surface area (Å²) in [4.78, 5) is 0.993. The van der Waals surface area contributed by atoms with Crippen LogP contribution in [0.15, 0.2) is 46.7 Å². The highest BCUT2D eigenvalue weighted by Crippen LogP contribution is 2.25. The van der Waals surface area contributed by atoms with Gasteiger partial charge in [0.2, 0.25) is 0 Å². The van der Waals surface area contributed by atoms with Crippen molar-refractivity contribution < 1.29 is 8.42 Å². The zero-order valence-electron chi connectivity index (χ0n) is 12.0. The van der Waals surface area contributed by atoms with E-state index in [1.165, 1.54) is 15.6 Å². The Morgan fingerprint density at radius 2 is 1.86 bits per heavy atom. The van der Waals surface area contributed by atoms with Gasteiger partial charge in [-0.25, -0.2) is 8.42 Å². The van der Waals surface area contributed by atoms with Crippen molar-refractivity contribution in [3.8, 4) is 0 Å². The largest absolute Gasteiger partial charge is 0.330 e. The number of nitrogens with zero attached hydrogens (tertiary/aromatic N) is 1. The lowest BCUT2D eigenvalue weighted by molar-refractivity contribution is 0.403. The molecule has 0 saturated carbocycles. The quantitative estimate of drug-likeness (QED) is 0.851. The third-order valence-corrected chi connectivity index (χ3v) is 6.44. The Balaban J connectivity index is 2.26. The normalized spacial score (nSPS) is 12.0. The molecule has 114 valence electrons. The second kappa shape index (κ2) is 7.17. The average Bonchev–Trinajstić information content (AvgIpc) is 2.92. The van der Waals surface area contributed by atoms with Crippen LogP contribution >= 0.6 is 11.3 Å². The Morgan fingerprint density at radius 3 is 2.43 bits per heavy atom. The van der Waals surface area contributed by atoms with Crippen LogP contribution in [-0.4, -0.2) is 25.8 Å². The Bertz CT molecular complexity index is 666. The summed E-state index contributed by atoms with van der Waals surface area (Å²) < 4.78 is 27.4. The third-order valence-electron chi connectivity index (χ3n) is 3.12. The Morgan fingerprint density at radius 1 is 1.14 bits per heavy atom. The number of rotatable bonds is 7. The van der Waals surface area contributed by atoms with Crippen molar-refractivity contribution in [2.75, 3.05) is 13.1 Å². The van der Waals surface area contributed by atoms with E-state index in [9.17, 15) is 8.42 Å². The van der Waals surface area contributed by atoms with Crippen molar-refractivity contribution in [3.63, 3.8) is 0 Å². The predicted octanol–water partition coefficient (Wildman–Crippen LogP) is 2.60. The summed E-state index contributed by atoms with van der Waals surface area (Å²) in [5.74, 6) is 0. The Kier molecular flexibility index (Phi) is 5.52. The van der Waals surface area contributed by atoms with Gasteiger partial charge < -0.3 is 5.73 Å². The summed E-state index contributed by atoms with van der Waals surface area (Å²) in [7, 11) is -3.45. The van der Waals surface area contributed by atoms with Crippen LogP contribution in [0.5, 0.6) is 0 Å². The van der Waals surface area contributed by atoms with E-state index in [-0.39, 0.29) is 0 Å². The van der Waals surface area contributed by atoms with Crippen LogP contribution in [0.2, 0.25) is 0 Å². The van der Waals surface area contributed by atoms with Crippen LogP contribution in [-0.2, 0) is 16.6 Å². The van der Waals surface area contributed by atoms with E-state index in [0.29, 0.717) is 30.3 Å². The number of hydrogen-bond donors (Lipinski definition) is 1. The molecule has 0 aliphatic carbocycles. The summed E-state index contributed by atoms with van der Waals surface area (Å²) in [6.07, 6.45) is 0.649. The van der Waals surface area contributed by atoms with E-state index in [1.54, 1.807) is 6.07 Å². The van der Waals surface area contributed by atoms with Crippen LogP contribution < -0.4 is 5.73 Å². The molecule has 0 amide bonds. The topological polar surface area (TPSA) is 63.4 Å². The van der Waals surface area contributed by atoms with E-state index in [2.05, 4.69) is 0 Å². The van der Waals surface area contributed by atoms with Gasteiger partial charge in [0, 0.05) is 18.0 Å². The first-order valence-corrected chi connectivity index (χ1v) is 9.10.